The number of aryl methyl sites for hydroxylation is 4. The van der Waals surface area contributed by atoms with Gasteiger partial charge in [0.25, 0.3) is 11.8 Å². The summed E-state index contributed by atoms with van der Waals surface area (Å²) >= 11 is 0. The topological polar surface area (TPSA) is 71.1 Å². The third kappa shape index (κ3) is 4.88. The zero-order chi connectivity index (χ0) is 21.0. The number of hydrogen-bond acceptors (Lipinski definition) is 3. The van der Waals surface area contributed by atoms with Crippen LogP contribution in [0.25, 0.3) is 0 Å². The number of rotatable bonds is 5. The van der Waals surface area contributed by atoms with E-state index in [9.17, 15) is 9.59 Å². The molecule has 1 aromatic heterocycles. The first-order valence-corrected chi connectivity index (χ1v) is 9.53. The maximum absolute atomic E-state index is 12.7. The molecule has 0 saturated carbocycles. The van der Waals surface area contributed by atoms with Gasteiger partial charge >= 0.3 is 0 Å². The molecule has 148 valence electrons. The number of nitrogens with zero attached hydrogens (tertiary/aromatic N) is 1. The monoisotopic (exact) mass is 387 g/mol. The minimum Gasteiger partial charge on any atom is -0.347 e. The lowest BCUT2D eigenvalue weighted by molar-refractivity contribution is 0.0946. The summed E-state index contributed by atoms with van der Waals surface area (Å²) in [6.45, 7) is 8.36. The Labute approximate surface area is 171 Å². The van der Waals surface area contributed by atoms with Crippen LogP contribution >= 0.6 is 0 Å². The van der Waals surface area contributed by atoms with Crippen molar-refractivity contribution in [2.75, 3.05) is 5.32 Å². The highest BCUT2D eigenvalue weighted by Gasteiger charge is 2.14. The molecule has 0 bridgehead atoms. The van der Waals surface area contributed by atoms with Gasteiger partial charge < -0.3 is 10.6 Å². The van der Waals surface area contributed by atoms with Gasteiger partial charge in [-0.25, -0.2) is 0 Å². The van der Waals surface area contributed by atoms with Gasteiger partial charge in [-0.2, -0.15) is 0 Å². The number of aromatic nitrogens is 1. The average Bonchev–Trinajstić information content (AvgIpc) is 2.69. The fourth-order valence-electron chi connectivity index (χ4n) is 3.33. The van der Waals surface area contributed by atoms with E-state index in [0.717, 1.165) is 33.5 Å². The molecular formula is C24H25N3O2. The molecule has 3 aromatic rings. The highest BCUT2D eigenvalue weighted by molar-refractivity contribution is 6.06. The van der Waals surface area contributed by atoms with E-state index in [1.165, 1.54) is 12.3 Å². The number of benzene rings is 2. The van der Waals surface area contributed by atoms with Crippen molar-refractivity contribution in [1.82, 2.24) is 10.3 Å². The second kappa shape index (κ2) is 8.69. The number of nitrogens with one attached hydrogen (secondary N) is 2. The third-order valence-corrected chi connectivity index (χ3v) is 4.87. The van der Waals surface area contributed by atoms with Crippen LogP contribution in [0.4, 0.5) is 5.69 Å². The molecule has 0 aliphatic heterocycles. The second-order valence-corrected chi connectivity index (χ2v) is 7.27. The SMILES string of the molecule is Cc1cc(C)c(NC(=O)c2ccnc(C(=O)NCc3ccccc3C)c2)c(C)c1. The van der Waals surface area contributed by atoms with Gasteiger partial charge in [-0.1, -0.05) is 42.0 Å². The fourth-order valence-corrected chi connectivity index (χ4v) is 3.33. The van der Waals surface area contributed by atoms with E-state index < -0.39 is 0 Å². The van der Waals surface area contributed by atoms with Crippen molar-refractivity contribution in [1.29, 1.82) is 0 Å². The lowest BCUT2D eigenvalue weighted by atomic mass is 10.0. The molecule has 0 radical (unpaired) electrons. The molecular weight excluding hydrogens is 362 g/mol. The van der Waals surface area contributed by atoms with E-state index in [2.05, 4.69) is 15.6 Å². The maximum atomic E-state index is 12.7. The zero-order valence-electron chi connectivity index (χ0n) is 17.2. The third-order valence-electron chi connectivity index (χ3n) is 4.87. The predicted octanol–water partition coefficient (Wildman–Crippen LogP) is 4.50. The van der Waals surface area contributed by atoms with Crippen LogP contribution in [0.2, 0.25) is 0 Å². The number of pyridine rings is 1. The highest BCUT2D eigenvalue weighted by atomic mass is 16.2. The Balaban J connectivity index is 1.72. The first kappa shape index (κ1) is 20.3. The van der Waals surface area contributed by atoms with Crippen LogP contribution in [-0.4, -0.2) is 16.8 Å². The maximum Gasteiger partial charge on any atom is 0.270 e. The molecule has 3 rings (SSSR count). The largest absolute Gasteiger partial charge is 0.347 e. The summed E-state index contributed by atoms with van der Waals surface area (Å²) in [7, 11) is 0. The second-order valence-electron chi connectivity index (χ2n) is 7.27. The molecule has 29 heavy (non-hydrogen) atoms. The summed E-state index contributed by atoms with van der Waals surface area (Å²) in [6.07, 6.45) is 1.48. The quantitative estimate of drug-likeness (QED) is 0.677. The lowest BCUT2D eigenvalue weighted by Crippen LogP contribution is -2.25. The molecule has 0 aliphatic carbocycles. The number of carbonyl (C=O) groups is 2. The molecule has 0 unspecified atom stereocenters. The summed E-state index contributed by atoms with van der Waals surface area (Å²) in [4.78, 5) is 29.4. The van der Waals surface area contributed by atoms with Gasteiger partial charge in [-0.05, 0) is 62.1 Å². The van der Waals surface area contributed by atoms with E-state index in [1.807, 2.05) is 64.1 Å². The normalized spacial score (nSPS) is 10.5. The molecule has 0 spiro atoms. The van der Waals surface area contributed by atoms with E-state index in [1.54, 1.807) is 6.07 Å². The van der Waals surface area contributed by atoms with Crippen molar-refractivity contribution in [3.63, 3.8) is 0 Å². The van der Waals surface area contributed by atoms with Crippen LogP contribution in [0.1, 0.15) is 48.7 Å². The first-order valence-electron chi connectivity index (χ1n) is 9.53. The van der Waals surface area contributed by atoms with E-state index in [0.29, 0.717) is 12.1 Å². The van der Waals surface area contributed by atoms with E-state index in [4.69, 9.17) is 0 Å². The van der Waals surface area contributed by atoms with Crippen LogP contribution in [0, 0.1) is 27.7 Å². The Morgan fingerprint density at radius 3 is 2.24 bits per heavy atom. The minimum atomic E-state index is -0.314. The molecule has 2 N–H and O–H groups in total. The molecule has 0 atom stereocenters. The summed E-state index contributed by atoms with van der Waals surface area (Å²) < 4.78 is 0. The van der Waals surface area contributed by atoms with Crippen molar-refractivity contribution in [3.8, 4) is 0 Å². The van der Waals surface area contributed by atoms with Gasteiger partial charge in [-0.15, -0.1) is 0 Å². The highest BCUT2D eigenvalue weighted by Crippen LogP contribution is 2.22. The number of amides is 2. The Bertz CT molecular complexity index is 1050. The molecule has 2 aromatic carbocycles. The van der Waals surface area contributed by atoms with Gasteiger partial charge in [0.05, 0.1) is 0 Å². The van der Waals surface area contributed by atoms with Crippen molar-refractivity contribution in [2.24, 2.45) is 0 Å². The minimum absolute atomic E-state index is 0.212. The van der Waals surface area contributed by atoms with Crippen molar-refractivity contribution < 1.29 is 9.59 Å². The number of anilines is 1. The summed E-state index contributed by atoms with van der Waals surface area (Å²) in [5.41, 5.74) is 6.70. The number of carbonyl (C=O) groups excluding carboxylic acids is 2. The Hall–Kier alpha value is -3.47. The van der Waals surface area contributed by atoms with E-state index >= 15 is 0 Å². The molecule has 1 heterocycles. The molecule has 0 fully saturated rings. The van der Waals surface area contributed by atoms with Gasteiger partial charge in [-0.3, -0.25) is 14.6 Å². The lowest BCUT2D eigenvalue weighted by Gasteiger charge is -2.13. The van der Waals surface area contributed by atoms with Crippen LogP contribution in [0.5, 0.6) is 0 Å². The van der Waals surface area contributed by atoms with Crippen molar-refractivity contribution in [2.45, 2.75) is 34.2 Å². The zero-order valence-corrected chi connectivity index (χ0v) is 17.2. The molecule has 5 heteroatoms. The smallest absolute Gasteiger partial charge is 0.270 e. The van der Waals surface area contributed by atoms with E-state index in [-0.39, 0.29) is 17.5 Å². The Kier molecular flexibility index (Phi) is 6.07. The summed E-state index contributed by atoms with van der Waals surface area (Å²) in [6, 6.07) is 15.0. The molecule has 5 nitrogen and oxygen atoms in total. The molecule has 0 aliphatic rings. The van der Waals surface area contributed by atoms with Gasteiger partial charge in [0, 0.05) is 24.0 Å². The van der Waals surface area contributed by atoms with Crippen LogP contribution < -0.4 is 10.6 Å². The summed E-state index contributed by atoms with van der Waals surface area (Å²) in [5.74, 6) is -0.582. The standard InChI is InChI=1S/C24H25N3O2/c1-15-11-17(3)22(18(4)12-15)27-23(28)19-9-10-25-21(13-19)24(29)26-14-20-8-6-5-7-16(20)2/h5-13H,14H2,1-4H3,(H,26,29)(H,27,28). The Morgan fingerprint density at radius 2 is 1.55 bits per heavy atom. The molecule has 2 amide bonds. The number of hydrogen-bond donors (Lipinski definition) is 2. The van der Waals surface area contributed by atoms with Gasteiger partial charge in [0.15, 0.2) is 0 Å². The van der Waals surface area contributed by atoms with Gasteiger partial charge in [0.1, 0.15) is 5.69 Å². The van der Waals surface area contributed by atoms with Gasteiger partial charge in [0.2, 0.25) is 0 Å². The molecule has 0 saturated heterocycles. The van der Waals surface area contributed by atoms with Crippen molar-refractivity contribution >= 4 is 17.5 Å². The summed E-state index contributed by atoms with van der Waals surface area (Å²) in [5, 5.41) is 5.82. The Morgan fingerprint density at radius 1 is 0.862 bits per heavy atom. The first-order chi connectivity index (χ1) is 13.8. The van der Waals surface area contributed by atoms with Crippen LogP contribution in [0.3, 0.4) is 0 Å². The van der Waals surface area contributed by atoms with Crippen molar-refractivity contribution in [3.05, 3.63) is 93.8 Å². The van der Waals surface area contributed by atoms with Crippen LogP contribution in [0.15, 0.2) is 54.7 Å². The fraction of sp³-hybridized carbons (Fsp3) is 0.208. The van der Waals surface area contributed by atoms with Crippen LogP contribution in [-0.2, 0) is 6.54 Å². The predicted molar refractivity (Wildman–Crippen MR) is 115 cm³/mol. The average molecular weight is 387 g/mol.